The highest BCUT2D eigenvalue weighted by Gasteiger charge is 2.24. The molecule has 1 amide bonds. The number of nitrogens with one attached hydrogen (secondary N) is 1. The summed E-state index contributed by atoms with van der Waals surface area (Å²) in [5.74, 6) is -0.783. The number of carbonyl (C=O) groups is 2. The van der Waals surface area contributed by atoms with Gasteiger partial charge in [0.25, 0.3) is 5.91 Å². The van der Waals surface area contributed by atoms with Crippen molar-refractivity contribution in [2.45, 2.75) is 46.3 Å². The molecule has 0 saturated carbocycles. The van der Waals surface area contributed by atoms with Gasteiger partial charge in [-0.25, -0.2) is 9.78 Å². The second-order valence-corrected chi connectivity index (χ2v) is 5.58. The number of ether oxygens (including phenoxy) is 2. The highest BCUT2D eigenvalue weighted by Crippen LogP contribution is 2.16. The molecule has 0 unspecified atom stereocenters. The number of aromatic nitrogens is 1. The number of hydrogen-bond donors (Lipinski definition) is 1. The zero-order valence-electron chi connectivity index (χ0n) is 13.1. The average molecular weight is 294 g/mol. The van der Waals surface area contributed by atoms with E-state index in [1.807, 2.05) is 20.8 Å². The third kappa shape index (κ3) is 5.41. The molecular formula is C15H22N2O4. The summed E-state index contributed by atoms with van der Waals surface area (Å²) < 4.78 is 10.4. The van der Waals surface area contributed by atoms with E-state index in [4.69, 9.17) is 9.47 Å². The summed E-state index contributed by atoms with van der Waals surface area (Å²) in [7, 11) is 0. The maximum absolute atomic E-state index is 12.1. The van der Waals surface area contributed by atoms with Crippen LogP contribution >= 0.6 is 0 Å². The van der Waals surface area contributed by atoms with Gasteiger partial charge in [-0.3, -0.25) is 4.79 Å². The van der Waals surface area contributed by atoms with E-state index in [9.17, 15) is 9.59 Å². The summed E-state index contributed by atoms with van der Waals surface area (Å²) >= 11 is 0. The van der Waals surface area contributed by atoms with E-state index in [1.165, 1.54) is 13.1 Å². The molecule has 0 saturated heterocycles. The first-order valence-corrected chi connectivity index (χ1v) is 6.85. The van der Waals surface area contributed by atoms with Crippen molar-refractivity contribution in [3.05, 3.63) is 23.9 Å². The van der Waals surface area contributed by atoms with Crippen molar-refractivity contribution in [3.63, 3.8) is 0 Å². The maximum atomic E-state index is 12.1. The Kier molecular flexibility index (Phi) is 5.69. The van der Waals surface area contributed by atoms with E-state index in [0.717, 1.165) is 0 Å². The summed E-state index contributed by atoms with van der Waals surface area (Å²) in [6, 6.07) is 3.16. The largest absolute Gasteiger partial charge is 0.477 e. The van der Waals surface area contributed by atoms with Gasteiger partial charge in [-0.2, -0.15) is 0 Å². The van der Waals surface area contributed by atoms with Crippen LogP contribution in [0.15, 0.2) is 18.3 Å². The van der Waals surface area contributed by atoms with Gasteiger partial charge < -0.3 is 14.8 Å². The van der Waals surface area contributed by atoms with Gasteiger partial charge in [-0.05, 0) is 46.8 Å². The molecule has 116 valence electrons. The van der Waals surface area contributed by atoms with Gasteiger partial charge in [0.1, 0.15) is 5.56 Å². The Bertz CT molecular complexity index is 509. The fourth-order valence-electron chi connectivity index (χ4n) is 1.55. The molecule has 21 heavy (non-hydrogen) atoms. The van der Waals surface area contributed by atoms with E-state index >= 15 is 0 Å². The Morgan fingerprint density at radius 1 is 1.38 bits per heavy atom. The van der Waals surface area contributed by atoms with Crippen LogP contribution in [0.1, 0.15) is 45.0 Å². The number of esters is 1. The van der Waals surface area contributed by atoms with E-state index in [0.29, 0.717) is 6.61 Å². The molecule has 6 nitrogen and oxygen atoms in total. The lowest BCUT2D eigenvalue weighted by atomic mass is 10.1. The smallest absolute Gasteiger partial charge is 0.344 e. The van der Waals surface area contributed by atoms with Crippen molar-refractivity contribution in [1.29, 1.82) is 0 Å². The lowest BCUT2D eigenvalue weighted by Gasteiger charge is -2.23. The lowest BCUT2D eigenvalue weighted by Crippen LogP contribution is -2.46. The first-order valence-electron chi connectivity index (χ1n) is 6.85. The van der Waals surface area contributed by atoms with Crippen LogP contribution < -0.4 is 10.1 Å². The Labute approximate surface area is 124 Å². The van der Waals surface area contributed by atoms with Gasteiger partial charge in [-0.1, -0.05) is 0 Å². The first kappa shape index (κ1) is 16.9. The Morgan fingerprint density at radius 3 is 2.62 bits per heavy atom. The predicted octanol–water partition coefficient (Wildman–Crippen LogP) is 1.94. The van der Waals surface area contributed by atoms with Crippen LogP contribution in [0.3, 0.4) is 0 Å². The number of hydrogen-bond acceptors (Lipinski definition) is 5. The van der Waals surface area contributed by atoms with E-state index in [-0.39, 0.29) is 22.9 Å². The number of carbonyl (C=O) groups excluding carboxylic acids is 2. The van der Waals surface area contributed by atoms with Gasteiger partial charge in [0.15, 0.2) is 6.10 Å². The monoisotopic (exact) mass is 294 g/mol. The molecule has 0 aliphatic heterocycles. The maximum Gasteiger partial charge on any atom is 0.344 e. The lowest BCUT2D eigenvalue weighted by molar-refractivity contribution is -0.130. The van der Waals surface area contributed by atoms with Crippen LogP contribution in [-0.2, 0) is 9.53 Å². The Morgan fingerprint density at radius 2 is 2.05 bits per heavy atom. The standard InChI is InChI=1S/C15H22N2O4/c1-6-20-13-11(8-7-9-16-13)14(19)21-10(2)12(18)17-15(3,4)5/h7-10H,6H2,1-5H3,(H,17,18)/t10-/m0/s1. The summed E-state index contributed by atoms with van der Waals surface area (Å²) in [5, 5.41) is 2.75. The summed E-state index contributed by atoms with van der Waals surface area (Å²) in [4.78, 5) is 28.0. The van der Waals surface area contributed by atoms with Crippen molar-refractivity contribution in [3.8, 4) is 5.88 Å². The number of nitrogens with zero attached hydrogens (tertiary/aromatic N) is 1. The van der Waals surface area contributed by atoms with Crippen molar-refractivity contribution in [2.75, 3.05) is 6.61 Å². The van der Waals surface area contributed by atoms with Gasteiger partial charge >= 0.3 is 5.97 Å². The Balaban J connectivity index is 2.75. The molecular weight excluding hydrogens is 272 g/mol. The predicted molar refractivity (Wildman–Crippen MR) is 78.2 cm³/mol. The minimum absolute atomic E-state index is 0.202. The molecule has 1 aromatic heterocycles. The molecule has 1 aromatic rings. The highest BCUT2D eigenvalue weighted by molar-refractivity contribution is 5.94. The SMILES string of the molecule is CCOc1ncccc1C(=O)O[C@@H](C)C(=O)NC(C)(C)C. The van der Waals surface area contributed by atoms with Gasteiger partial charge in [-0.15, -0.1) is 0 Å². The van der Waals surface area contributed by atoms with Crippen LogP contribution in [0.5, 0.6) is 5.88 Å². The zero-order valence-corrected chi connectivity index (χ0v) is 13.1. The highest BCUT2D eigenvalue weighted by atomic mass is 16.5. The third-order valence-corrected chi connectivity index (χ3v) is 2.42. The van der Waals surface area contributed by atoms with Crippen molar-refractivity contribution in [2.24, 2.45) is 0 Å². The molecule has 1 rings (SSSR count). The van der Waals surface area contributed by atoms with Crippen molar-refractivity contribution >= 4 is 11.9 Å². The molecule has 6 heteroatoms. The topological polar surface area (TPSA) is 77.5 Å². The quantitative estimate of drug-likeness (QED) is 0.840. The Hall–Kier alpha value is -2.11. The summed E-state index contributed by atoms with van der Waals surface area (Å²) in [6.45, 7) is 9.27. The molecule has 0 aliphatic rings. The number of pyridine rings is 1. The number of rotatable bonds is 5. The fraction of sp³-hybridized carbons (Fsp3) is 0.533. The minimum Gasteiger partial charge on any atom is -0.477 e. The minimum atomic E-state index is -0.897. The first-order chi connectivity index (χ1) is 9.74. The molecule has 0 aliphatic carbocycles. The van der Waals surface area contributed by atoms with Gasteiger partial charge in [0, 0.05) is 11.7 Å². The summed E-state index contributed by atoms with van der Waals surface area (Å²) in [6.07, 6.45) is 0.628. The second kappa shape index (κ2) is 7.06. The van der Waals surface area contributed by atoms with Crippen LogP contribution in [0.25, 0.3) is 0 Å². The molecule has 0 aromatic carbocycles. The van der Waals surface area contributed by atoms with Crippen LogP contribution in [0, 0.1) is 0 Å². The molecule has 0 radical (unpaired) electrons. The zero-order chi connectivity index (χ0) is 16.0. The van der Waals surface area contributed by atoms with Gasteiger partial charge in [0.05, 0.1) is 6.61 Å². The van der Waals surface area contributed by atoms with Gasteiger partial charge in [0.2, 0.25) is 5.88 Å². The molecule has 0 fully saturated rings. The van der Waals surface area contributed by atoms with Crippen molar-refractivity contribution < 1.29 is 19.1 Å². The van der Waals surface area contributed by atoms with E-state index in [2.05, 4.69) is 10.3 Å². The third-order valence-electron chi connectivity index (χ3n) is 2.42. The van der Waals surface area contributed by atoms with E-state index in [1.54, 1.807) is 19.1 Å². The van der Waals surface area contributed by atoms with E-state index < -0.39 is 12.1 Å². The average Bonchev–Trinajstić information content (AvgIpc) is 2.37. The molecule has 1 N–H and O–H groups in total. The van der Waals surface area contributed by atoms with Crippen LogP contribution in [0.2, 0.25) is 0 Å². The van der Waals surface area contributed by atoms with Crippen LogP contribution in [0.4, 0.5) is 0 Å². The number of amides is 1. The fourth-order valence-corrected chi connectivity index (χ4v) is 1.55. The molecule has 0 bridgehead atoms. The van der Waals surface area contributed by atoms with Crippen molar-refractivity contribution in [1.82, 2.24) is 10.3 Å². The molecule has 1 atom stereocenters. The second-order valence-electron chi connectivity index (χ2n) is 5.58. The molecule has 0 spiro atoms. The normalized spacial score (nSPS) is 12.4. The van der Waals surface area contributed by atoms with Crippen LogP contribution in [-0.4, -0.2) is 35.1 Å². The summed E-state index contributed by atoms with van der Waals surface area (Å²) in [5.41, 5.74) is -0.183. The molecule has 1 heterocycles.